The van der Waals surface area contributed by atoms with Gasteiger partial charge in [-0.2, -0.15) is 9.97 Å². The van der Waals surface area contributed by atoms with Crippen LogP contribution < -0.4 is 16.0 Å². The fourth-order valence-electron chi connectivity index (χ4n) is 3.47. The molecule has 3 N–H and O–H groups in total. The van der Waals surface area contributed by atoms with E-state index >= 15 is 0 Å². The average molecular weight is 463 g/mol. The molecular formula is C19H30N10O2S. The number of nitrogens with zero attached hydrogens (tertiary/aromatic N) is 7. The third-order valence-electron chi connectivity index (χ3n) is 5.27. The van der Waals surface area contributed by atoms with Crippen LogP contribution in [0.2, 0.25) is 0 Å². The predicted molar refractivity (Wildman–Crippen MR) is 122 cm³/mol. The Kier molecular flexibility index (Phi) is 7.25. The van der Waals surface area contributed by atoms with Gasteiger partial charge in [0.05, 0.1) is 12.3 Å². The minimum atomic E-state index is 0.0454. The molecule has 1 saturated heterocycles. The van der Waals surface area contributed by atoms with Gasteiger partial charge in [-0.05, 0) is 26.7 Å². The standard InChI is InChI=1S/C19H30N10O2S/c1-3-20-16-23-17(21-4-2)29-18(24-16)25-26-19(29)32-12-15(31)28-9-7-27(8-10-28)11-14(30)22-13-5-6-13/h13H,3-12H2,1-2H3,(H,22,30)(H2,20,21,23,24,25). The number of fused-ring (bicyclic) bond motifs is 1. The van der Waals surface area contributed by atoms with E-state index in [-0.39, 0.29) is 17.6 Å². The van der Waals surface area contributed by atoms with Crippen LogP contribution >= 0.6 is 11.8 Å². The van der Waals surface area contributed by atoms with Crippen LogP contribution in [0.4, 0.5) is 11.9 Å². The van der Waals surface area contributed by atoms with Crippen molar-refractivity contribution in [2.75, 3.05) is 62.2 Å². The molecule has 2 fully saturated rings. The molecule has 4 rings (SSSR count). The summed E-state index contributed by atoms with van der Waals surface area (Å²) in [5, 5.41) is 18.2. The van der Waals surface area contributed by atoms with Crippen LogP contribution in [0, 0.1) is 0 Å². The van der Waals surface area contributed by atoms with Crippen LogP contribution in [0.3, 0.4) is 0 Å². The number of thioether (sulfide) groups is 1. The maximum atomic E-state index is 12.8. The Labute approximate surface area is 190 Å². The lowest BCUT2D eigenvalue weighted by Crippen LogP contribution is -2.51. The average Bonchev–Trinajstić information content (AvgIpc) is 3.49. The third kappa shape index (κ3) is 5.57. The molecule has 1 saturated carbocycles. The number of hydrogen-bond donors (Lipinski definition) is 3. The Morgan fingerprint density at radius 1 is 1.03 bits per heavy atom. The summed E-state index contributed by atoms with van der Waals surface area (Å²) in [5.74, 6) is 1.89. The van der Waals surface area contributed by atoms with Crippen LogP contribution in [-0.4, -0.2) is 104 Å². The first kappa shape index (κ1) is 22.5. The summed E-state index contributed by atoms with van der Waals surface area (Å²) in [6.07, 6.45) is 2.18. The van der Waals surface area contributed by atoms with Crippen molar-refractivity contribution in [2.24, 2.45) is 0 Å². The Balaban J connectivity index is 1.31. The number of hydrogen-bond acceptors (Lipinski definition) is 10. The van der Waals surface area contributed by atoms with Gasteiger partial charge in [-0.15, -0.1) is 10.2 Å². The summed E-state index contributed by atoms with van der Waals surface area (Å²) in [7, 11) is 0. The molecule has 0 radical (unpaired) electrons. The van der Waals surface area contributed by atoms with Crippen molar-refractivity contribution in [3.8, 4) is 0 Å². The third-order valence-corrected chi connectivity index (χ3v) is 6.19. The number of amides is 2. The van der Waals surface area contributed by atoms with Gasteiger partial charge in [-0.3, -0.25) is 14.5 Å². The molecule has 3 heterocycles. The minimum Gasteiger partial charge on any atom is -0.355 e. The monoisotopic (exact) mass is 462 g/mol. The normalized spacial score (nSPS) is 16.9. The molecule has 2 aromatic heterocycles. The fraction of sp³-hybridized carbons (Fsp3) is 0.684. The van der Waals surface area contributed by atoms with Crippen LogP contribution in [-0.2, 0) is 9.59 Å². The highest BCUT2D eigenvalue weighted by atomic mass is 32.2. The first-order chi connectivity index (χ1) is 15.6. The fourth-order valence-corrected chi connectivity index (χ4v) is 4.31. The zero-order valence-corrected chi connectivity index (χ0v) is 19.3. The van der Waals surface area contributed by atoms with Gasteiger partial charge in [0.2, 0.25) is 23.7 Å². The second-order valence-corrected chi connectivity index (χ2v) is 8.78. The van der Waals surface area contributed by atoms with Gasteiger partial charge >= 0.3 is 0 Å². The SMILES string of the molecule is CCNc1nc(NCC)n2c(SCC(=O)N3CCN(CC(=O)NC4CC4)CC3)nnc2n1. The highest BCUT2D eigenvalue weighted by molar-refractivity contribution is 7.99. The lowest BCUT2D eigenvalue weighted by molar-refractivity contribution is -0.130. The van der Waals surface area contributed by atoms with E-state index in [1.54, 1.807) is 4.40 Å². The number of piperazine rings is 1. The van der Waals surface area contributed by atoms with E-state index in [1.807, 2.05) is 18.7 Å². The Hall–Kier alpha value is -2.67. The van der Waals surface area contributed by atoms with E-state index in [1.165, 1.54) is 11.8 Å². The molecule has 1 aliphatic carbocycles. The molecule has 13 heteroatoms. The molecule has 0 unspecified atom stereocenters. The number of aromatic nitrogens is 5. The van der Waals surface area contributed by atoms with Crippen molar-refractivity contribution in [1.29, 1.82) is 0 Å². The maximum Gasteiger partial charge on any atom is 0.261 e. The number of carbonyl (C=O) groups is 2. The van der Waals surface area contributed by atoms with Crippen molar-refractivity contribution in [1.82, 2.24) is 39.7 Å². The van der Waals surface area contributed by atoms with Crippen molar-refractivity contribution in [2.45, 2.75) is 37.9 Å². The lowest BCUT2D eigenvalue weighted by Gasteiger charge is -2.34. The number of nitrogens with one attached hydrogen (secondary N) is 3. The zero-order valence-electron chi connectivity index (χ0n) is 18.5. The highest BCUT2D eigenvalue weighted by Gasteiger charge is 2.26. The molecule has 0 atom stereocenters. The van der Waals surface area contributed by atoms with Gasteiger partial charge in [0.25, 0.3) is 5.78 Å². The first-order valence-corrected chi connectivity index (χ1v) is 12.1. The number of carbonyl (C=O) groups excluding carboxylic acids is 2. The minimum absolute atomic E-state index is 0.0454. The van der Waals surface area contributed by atoms with Crippen molar-refractivity contribution in [3.63, 3.8) is 0 Å². The second-order valence-electron chi connectivity index (χ2n) is 7.84. The van der Waals surface area contributed by atoms with Crippen LogP contribution in [0.5, 0.6) is 0 Å². The molecule has 2 amide bonds. The molecule has 12 nitrogen and oxygen atoms in total. The van der Waals surface area contributed by atoms with Gasteiger partial charge < -0.3 is 20.9 Å². The van der Waals surface area contributed by atoms with Crippen LogP contribution in [0.25, 0.3) is 5.78 Å². The van der Waals surface area contributed by atoms with Gasteiger partial charge in [-0.25, -0.2) is 4.40 Å². The van der Waals surface area contributed by atoms with E-state index in [4.69, 9.17) is 0 Å². The molecule has 0 bridgehead atoms. The largest absolute Gasteiger partial charge is 0.355 e. The van der Waals surface area contributed by atoms with E-state index < -0.39 is 0 Å². The highest BCUT2D eigenvalue weighted by Crippen LogP contribution is 2.22. The Morgan fingerprint density at radius 3 is 2.47 bits per heavy atom. The van der Waals surface area contributed by atoms with Crippen molar-refractivity contribution in [3.05, 3.63) is 0 Å². The zero-order chi connectivity index (χ0) is 22.5. The van der Waals surface area contributed by atoms with Crippen molar-refractivity contribution >= 4 is 41.3 Å². The maximum absolute atomic E-state index is 12.8. The van der Waals surface area contributed by atoms with Gasteiger partial charge in [0.15, 0.2) is 5.16 Å². The van der Waals surface area contributed by atoms with Gasteiger partial charge in [-0.1, -0.05) is 11.8 Å². The van der Waals surface area contributed by atoms with E-state index in [0.717, 1.165) is 12.8 Å². The van der Waals surface area contributed by atoms with E-state index in [0.29, 0.717) is 74.7 Å². The van der Waals surface area contributed by atoms with Gasteiger partial charge in [0, 0.05) is 45.3 Å². The molecule has 174 valence electrons. The van der Waals surface area contributed by atoms with Crippen molar-refractivity contribution < 1.29 is 9.59 Å². The van der Waals surface area contributed by atoms with E-state index in [2.05, 4.69) is 41.0 Å². The molecule has 0 spiro atoms. The number of rotatable bonds is 10. The van der Waals surface area contributed by atoms with E-state index in [9.17, 15) is 9.59 Å². The summed E-state index contributed by atoms with van der Waals surface area (Å²) in [4.78, 5) is 37.5. The topological polar surface area (TPSA) is 133 Å². The summed E-state index contributed by atoms with van der Waals surface area (Å²) in [6, 6.07) is 0.378. The summed E-state index contributed by atoms with van der Waals surface area (Å²) < 4.78 is 1.73. The summed E-state index contributed by atoms with van der Waals surface area (Å²) in [5.41, 5.74) is 0. The molecular weight excluding hydrogens is 432 g/mol. The van der Waals surface area contributed by atoms with Crippen LogP contribution in [0.1, 0.15) is 26.7 Å². The van der Waals surface area contributed by atoms with Crippen LogP contribution in [0.15, 0.2) is 5.16 Å². The summed E-state index contributed by atoms with van der Waals surface area (Å²) in [6.45, 7) is 8.38. The summed E-state index contributed by atoms with van der Waals surface area (Å²) >= 11 is 1.32. The smallest absolute Gasteiger partial charge is 0.261 e. The molecule has 32 heavy (non-hydrogen) atoms. The quantitative estimate of drug-likeness (QED) is 0.411. The molecule has 2 aliphatic rings. The predicted octanol–water partition coefficient (Wildman–Crippen LogP) is -0.102. The van der Waals surface area contributed by atoms with Gasteiger partial charge in [0.1, 0.15) is 0 Å². The molecule has 1 aliphatic heterocycles. The number of anilines is 2. The second kappa shape index (κ2) is 10.3. The molecule has 2 aromatic rings. The Morgan fingerprint density at radius 2 is 1.78 bits per heavy atom. The molecule has 0 aromatic carbocycles. The Bertz CT molecular complexity index is 955. The lowest BCUT2D eigenvalue weighted by atomic mass is 10.3. The first-order valence-electron chi connectivity index (χ1n) is 11.1.